The molecule has 0 spiro atoms. The van der Waals surface area contributed by atoms with Crippen molar-refractivity contribution in [3.8, 4) is 0 Å². The highest BCUT2D eigenvalue weighted by molar-refractivity contribution is 6.06. The molecule has 96 valence electrons. The van der Waals surface area contributed by atoms with Crippen LogP contribution in [0.15, 0.2) is 36.4 Å². The third-order valence-electron chi connectivity index (χ3n) is 3.12. The molecule has 2 aromatic rings. The van der Waals surface area contributed by atoms with Gasteiger partial charge in [0.15, 0.2) is 0 Å². The number of fused-ring (bicyclic) bond motifs is 1. The number of hydrogen-bond donors (Lipinski definition) is 0. The Morgan fingerprint density at radius 3 is 2.84 bits per heavy atom. The van der Waals surface area contributed by atoms with Crippen LogP contribution in [-0.2, 0) is 6.42 Å². The van der Waals surface area contributed by atoms with E-state index in [4.69, 9.17) is 0 Å². The predicted octanol–water partition coefficient (Wildman–Crippen LogP) is 2.56. The highest BCUT2D eigenvalue weighted by atomic mass is 19.1. The van der Waals surface area contributed by atoms with Crippen molar-refractivity contribution < 1.29 is 13.6 Å². The number of nitrogens with zero attached hydrogens (tertiary/aromatic N) is 2. The van der Waals surface area contributed by atoms with Crippen molar-refractivity contribution in [2.24, 2.45) is 0 Å². The van der Waals surface area contributed by atoms with Crippen LogP contribution >= 0.6 is 0 Å². The summed E-state index contributed by atoms with van der Waals surface area (Å²) in [5.41, 5.74) is 1.47. The quantitative estimate of drug-likeness (QED) is 0.738. The second kappa shape index (κ2) is 4.42. The minimum Gasteiger partial charge on any atom is -0.306 e. The Morgan fingerprint density at radius 2 is 2.05 bits per heavy atom. The summed E-state index contributed by atoms with van der Waals surface area (Å²) in [4.78, 5) is 17.2. The number of amides is 1. The molecule has 0 unspecified atom stereocenters. The molecule has 3 nitrogen and oxygen atoms in total. The van der Waals surface area contributed by atoms with E-state index >= 15 is 0 Å². The van der Waals surface area contributed by atoms with E-state index in [-0.39, 0.29) is 5.69 Å². The first-order valence-corrected chi connectivity index (χ1v) is 5.88. The van der Waals surface area contributed by atoms with Gasteiger partial charge in [0.1, 0.15) is 11.5 Å². The molecule has 2 heterocycles. The van der Waals surface area contributed by atoms with Crippen LogP contribution in [0.25, 0.3) is 0 Å². The fourth-order valence-corrected chi connectivity index (χ4v) is 2.23. The molecule has 19 heavy (non-hydrogen) atoms. The van der Waals surface area contributed by atoms with Crippen LogP contribution in [-0.4, -0.2) is 17.4 Å². The van der Waals surface area contributed by atoms with Gasteiger partial charge in [0.05, 0.1) is 5.69 Å². The lowest BCUT2D eigenvalue weighted by atomic mass is 10.1. The second-order valence-corrected chi connectivity index (χ2v) is 4.33. The van der Waals surface area contributed by atoms with E-state index in [0.29, 0.717) is 18.7 Å². The molecule has 1 aromatic carbocycles. The zero-order valence-electron chi connectivity index (χ0n) is 9.94. The number of hydrogen-bond acceptors (Lipinski definition) is 2. The Balaban J connectivity index is 1.97. The fourth-order valence-electron chi connectivity index (χ4n) is 2.23. The van der Waals surface area contributed by atoms with Gasteiger partial charge in [-0.3, -0.25) is 4.79 Å². The lowest BCUT2D eigenvalue weighted by Gasteiger charge is -2.16. The zero-order valence-corrected chi connectivity index (χ0v) is 9.94. The Bertz CT molecular complexity index is 658. The van der Waals surface area contributed by atoms with E-state index in [1.54, 1.807) is 6.07 Å². The molecule has 1 aromatic heterocycles. The summed E-state index contributed by atoms with van der Waals surface area (Å²) < 4.78 is 26.3. The molecule has 1 aliphatic rings. The van der Waals surface area contributed by atoms with Crippen LogP contribution in [0.2, 0.25) is 0 Å². The number of pyridine rings is 1. The lowest BCUT2D eigenvalue weighted by Crippen LogP contribution is -2.29. The van der Waals surface area contributed by atoms with Crippen molar-refractivity contribution in [3.63, 3.8) is 0 Å². The minimum atomic E-state index is -0.704. The summed E-state index contributed by atoms with van der Waals surface area (Å²) in [6.07, 6.45) is 0.663. The van der Waals surface area contributed by atoms with Gasteiger partial charge in [0.2, 0.25) is 5.95 Å². The average Bonchev–Trinajstić information content (AvgIpc) is 2.80. The predicted molar refractivity (Wildman–Crippen MR) is 66.0 cm³/mol. The summed E-state index contributed by atoms with van der Waals surface area (Å²) >= 11 is 0. The van der Waals surface area contributed by atoms with E-state index in [0.717, 1.165) is 5.56 Å². The Hall–Kier alpha value is -2.30. The fraction of sp³-hybridized carbons (Fsp3) is 0.143. The number of carbonyl (C=O) groups is 1. The summed E-state index contributed by atoms with van der Waals surface area (Å²) in [5.74, 6) is -1.51. The topological polar surface area (TPSA) is 33.2 Å². The molecule has 3 rings (SSSR count). The van der Waals surface area contributed by atoms with E-state index in [2.05, 4.69) is 4.98 Å². The molecule has 0 radical (unpaired) electrons. The molecule has 1 aliphatic heterocycles. The van der Waals surface area contributed by atoms with Crippen LogP contribution < -0.4 is 4.90 Å². The van der Waals surface area contributed by atoms with Gasteiger partial charge in [-0.15, -0.1) is 0 Å². The van der Waals surface area contributed by atoms with Crippen LogP contribution in [0, 0.1) is 11.8 Å². The van der Waals surface area contributed by atoms with Crippen molar-refractivity contribution in [3.05, 3.63) is 59.4 Å². The van der Waals surface area contributed by atoms with Gasteiger partial charge < -0.3 is 4.90 Å². The lowest BCUT2D eigenvalue weighted by molar-refractivity contribution is 0.0983. The van der Waals surface area contributed by atoms with Gasteiger partial charge in [-0.1, -0.05) is 12.1 Å². The number of carbonyl (C=O) groups excluding carboxylic acids is 1. The maximum absolute atomic E-state index is 13.3. The first kappa shape index (κ1) is 11.8. The van der Waals surface area contributed by atoms with E-state index in [1.165, 1.54) is 35.2 Å². The van der Waals surface area contributed by atoms with Gasteiger partial charge in [-0.2, -0.15) is 4.39 Å². The summed E-state index contributed by atoms with van der Waals surface area (Å²) in [6, 6.07) is 8.40. The molecule has 5 heteroatoms. The van der Waals surface area contributed by atoms with E-state index < -0.39 is 17.7 Å². The molecule has 0 saturated heterocycles. The van der Waals surface area contributed by atoms with Crippen LogP contribution in [0.4, 0.5) is 14.5 Å². The summed E-state index contributed by atoms with van der Waals surface area (Å²) in [5, 5.41) is 0. The maximum Gasteiger partial charge on any atom is 0.276 e. The molecule has 0 saturated carbocycles. The van der Waals surface area contributed by atoms with Crippen molar-refractivity contribution in [1.29, 1.82) is 0 Å². The second-order valence-electron chi connectivity index (χ2n) is 4.33. The smallest absolute Gasteiger partial charge is 0.276 e. The summed E-state index contributed by atoms with van der Waals surface area (Å²) in [7, 11) is 0. The first-order chi connectivity index (χ1) is 9.15. The SMILES string of the molecule is O=C(c1cccc(F)n1)N1CCc2ccc(F)cc21. The number of rotatable bonds is 1. The van der Waals surface area contributed by atoms with Crippen LogP contribution in [0.3, 0.4) is 0 Å². The van der Waals surface area contributed by atoms with Gasteiger partial charge in [0, 0.05) is 6.54 Å². The molecule has 0 aliphatic carbocycles. The average molecular weight is 260 g/mol. The van der Waals surface area contributed by atoms with E-state index in [1.807, 2.05) is 0 Å². The van der Waals surface area contributed by atoms with Crippen molar-refractivity contribution in [2.45, 2.75) is 6.42 Å². The highest BCUT2D eigenvalue weighted by Gasteiger charge is 2.26. The third kappa shape index (κ3) is 2.07. The molecule has 0 atom stereocenters. The molecule has 0 bridgehead atoms. The standard InChI is InChI=1S/C14H10F2N2O/c15-10-5-4-9-6-7-18(12(9)8-10)14(19)11-2-1-3-13(16)17-11/h1-5,8H,6-7H2. The Kier molecular flexibility index (Phi) is 2.74. The van der Waals surface area contributed by atoms with Gasteiger partial charge in [0.25, 0.3) is 5.91 Å². The van der Waals surface area contributed by atoms with Gasteiger partial charge in [-0.05, 0) is 36.2 Å². The van der Waals surface area contributed by atoms with Gasteiger partial charge >= 0.3 is 0 Å². The van der Waals surface area contributed by atoms with Crippen molar-refractivity contribution >= 4 is 11.6 Å². The number of anilines is 1. The van der Waals surface area contributed by atoms with E-state index in [9.17, 15) is 13.6 Å². The summed E-state index contributed by atoms with van der Waals surface area (Å²) in [6.45, 7) is 0.454. The minimum absolute atomic E-state index is 0.0251. The number of halogens is 2. The van der Waals surface area contributed by atoms with Crippen LogP contribution in [0.1, 0.15) is 16.1 Å². The zero-order chi connectivity index (χ0) is 13.4. The van der Waals surface area contributed by atoms with Crippen LogP contribution in [0.5, 0.6) is 0 Å². The maximum atomic E-state index is 13.3. The van der Waals surface area contributed by atoms with Gasteiger partial charge in [-0.25, -0.2) is 9.37 Å². The number of aromatic nitrogens is 1. The van der Waals surface area contributed by atoms with Crippen molar-refractivity contribution in [2.75, 3.05) is 11.4 Å². The molecular formula is C14H10F2N2O. The third-order valence-corrected chi connectivity index (χ3v) is 3.12. The highest BCUT2D eigenvalue weighted by Crippen LogP contribution is 2.29. The first-order valence-electron chi connectivity index (χ1n) is 5.88. The largest absolute Gasteiger partial charge is 0.306 e. The molecule has 0 fully saturated rings. The van der Waals surface area contributed by atoms with Crippen molar-refractivity contribution in [1.82, 2.24) is 4.98 Å². The Labute approximate surface area is 108 Å². The molecule has 1 amide bonds. The Morgan fingerprint density at radius 1 is 1.21 bits per heavy atom. The molecular weight excluding hydrogens is 250 g/mol. The number of benzene rings is 1. The molecule has 0 N–H and O–H groups in total. The monoisotopic (exact) mass is 260 g/mol. The normalized spacial score (nSPS) is 13.5.